The second-order valence-electron chi connectivity index (χ2n) is 5.29. The maximum absolute atomic E-state index is 12.3. The van der Waals surface area contributed by atoms with E-state index < -0.39 is 0 Å². The van der Waals surface area contributed by atoms with E-state index in [1.165, 1.54) is 10.8 Å². The Balaban J connectivity index is 1.59. The molecule has 0 saturated carbocycles. The Labute approximate surface area is 136 Å². The van der Waals surface area contributed by atoms with Crippen LogP contribution in [0.3, 0.4) is 0 Å². The van der Waals surface area contributed by atoms with Gasteiger partial charge in [-0.15, -0.1) is 0 Å². The van der Waals surface area contributed by atoms with Crippen LogP contribution < -0.4 is 20.3 Å². The highest BCUT2D eigenvalue weighted by Crippen LogP contribution is 2.34. The minimum atomic E-state index is -0.325. The average molecular weight is 323 g/mol. The van der Waals surface area contributed by atoms with Gasteiger partial charge in [-0.3, -0.25) is 14.2 Å². The van der Waals surface area contributed by atoms with Crippen molar-refractivity contribution in [3.05, 3.63) is 59.0 Å². The molecule has 0 aliphatic carbocycles. The van der Waals surface area contributed by atoms with Crippen LogP contribution in [-0.4, -0.2) is 22.3 Å². The normalized spacial score (nSPS) is 12.3. The first kappa shape index (κ1) is 14.3. The first-order chi connectivity index (χ1) is 11.7. The number of hydrogen-bond donors (Lipinski definition) is 1. The molecule has 0 unspecified atom stereocenters. The molecule has 120 valence electrons. The monoisotopic (exact) mass is 323 g/mol. The Morgan fingerprint density at radius 1 is 1.17 bits per heavy atom. The van der Waals surface area contributed by atoms with Crippen LogP contribution in [-0.2, 0) is 11.3 Å². The van der Waals surface area contributed by atoms with Crippen molar-refractivity contribution in [3.8, 4) is 11.5 Å². The molecule has 1 aliphatic heterocycles. The number of amides is 1. The van der Waals surface area contributed by atoms with Crippen molar-refractivity contribution >= 4 is 22.6 Å². The van der Waals surface area contributed by atoms with Crippen LogP contribution in [0.2, 0.25) is 0 Å². The molecule has 4 rings (SSSR count). The molecular formula is C17H13N3O4. The van der Waals surface area contributed by atoms with Gasteiger partial charge in [-0.2, -0.15) is 0 Å². The van der Waals surface area contributed by atoms with E-state index >= 15 is 0 Å². The van der Waals surface area contributed by atoms with Gasteiger partial charge in [0.05, 0.1) is 17.2 Å². The third-order valence-electron chi connectivity index (χ3n) is 3.71. The molecule has 1 amide bonds. The summed E-state index contributed by atoms with van der Waals surface area (Å²) in [6.07, 6.45) is 1.22. The standard InChI is InChI=1S/C17H13N3O4/c21-16(19-11-5-6-14-15(7-11)24-10-23-14)9-20-13-4-2-1-3-12(13)18-8-17(20)22/h1-8H,9-10H2,(H,19,21). The van der Waals surface area contributed by atoms with Gasteiger partial charge in [0, 0.05) is 11.8 Å². The van der Waals surface area contributed by atoms with Crippen LogP contribution in [0.5, 0.6) is 11.5 Å². The van der Waals surface area contributed by atoms with Crippen LogP contribution >= 0.6 is 0 Å². The fraction of sp³-hybridized carbons (Fsp3) is 0.118. The molecule has 2 heterocycles. The largest absolute Gasteiger partial charge is 0.454 e. The summed E-state index contributed by atoms with van der Waals surface area (Å²) in [6, 6.07) is 12.3. The summed E-state index contributed by atoms with van der Waals surface area (Å²) in [6.45, 7) is 0.0709. The Kier molecular flexibility index (Phi) is 3.38. The molecule has 1 aliphatic rings. The molecule has 1 aromatic heterocycles. The van der Waals surface area contributed by atoms with Crippen LogP contribution in [0, 0.1) is 0 Å². The van der Waals surface area contributed by atoms with Crippen LogP contribution in [0.25, 0.3) is 11.0 Å². The molecule has 24 heavy (non-hydrogen) atoms. The minimum absolute atomic E-state index is 0.101. The van der Waals surface area contributed by atoms with Gasteiger partial charge in [0.15, 0.2) is 11.5 Å². The summed E-state index contributed by atoms with van der Waals surface area (Å²) in [7, 11) is 0. The number of ether oxygens (including phenoxy) is 2. The zero-order valence-corrected chi connectivity index (χ0v) is 12.6. The molecule has 0 spiro atoms. The van der Waals surface area contributed by atoms with Gasteiger partial charge in [-0.05, 0) is 24.3 Å². The van der Waals surface area contributed by atoms with Crippen molar-refractivity contribution in [2.45, 2.75) is 6.54 Å². The Morgan fingerprint density at radius 2 is 2.00 bits per heavy atom. The molecule has 0 saturated heterocycles. The molecule has 7 nitrogen and oxygen atoms in total. The number of rotatable bonds is 3. The molecular weight excluding hydrogens is 310 g/mol. The van der Waals surface area contributed by atoms with Gasteiger partial charge < -0.3 is 14.8 Å². The highest BCUT2D eigenvalue weighted by Gasteiger charge is 2.15. The maximum Gasteiger partial charge on any atom is 0.269 e. The fourth-order valence-electron chi connectivity index (χ4n) is 2.60. The van der Waals surface area contributed by atoms with E-state index in [9.17, 15) is 9.59 Å². The van der Waals surface area contributed by atoms with E-state index in [1.54, 1.807) is 36.4 Å². The van der Waals surface area contributed by atoms with Crippen LogP contribution in [0.1, 0.15) is 0 Å². The fourth-order valence-corrected chi connectivity index (χ4v) is 2.60. The van der Waals surface area contributed by atoms with Crippen molar-refractivity contribution in [1.82, 2.24) is 9.55 Å². The van der Waals surface area contributed by atoms with E-state index in [0.717, 1.165) is 0 Å². The predicted molar refractivity (Wildman–Crippen MR) is 87.2 cm³/mol. The molecule has 7 heteroatoms. The number of nitrogens with one attached hydrogen (secondary N) is 1. The second-order valence-corrected chi connectivity index (χ2v) is 5.29. The summed E-state index contributed by atoms with van der Waals surface area (Å²) in [5, 5.41) is 2.76. The molecule has 0 atom stereocenters. The van der Waals surface area contributed by atoms with E-state index in [2.05, 4.69) is 10.3 Å². The third-order valence-corrected chi connectivity index (χ3v) is 3.71. The van der Waals surface area contributed by atoms with Gasteiger partial charge >= 0.3 is 0 Å². The lowest BCUT2D eigenvalue weighted by Gasteiger charge is -2.10. The number of aromatic nitrogens is 2. The van der Waals surface area contributed by atoms with Crippen molar-refractivity contribution in [3.63, 3.8) is 0 Å². The molecule has 0 fully saturated rings. The SMILES string of the molecule is O=C(Cn1c(=O)cnc2ccccc21)Nc1ccc2c(c1)OCO2. The molecule has 3 aromatic rings. The van der Waals surface area contributed by atoms with Crippen LogP contribution in [0.15, 0.2) is 53.5 Å². The average Bonchev–Trinajstić information content (AvgIpc) is 3.05. The zero-order chi connectivity index (χ0) is 16.5. The third kappa shape index (κ3) is 2.56. The van der Waals surface area contributed by atoms with E-state index in [1.807, 2.05) is 6.07 Å². The van der Waals surface area contributed by atoms with E-state index in [-0.39, 0.29) is 24.8 Å². The van der Waals surface area contributed by atoms with Crippen molar-refractivity contribution in [2.75, 3.05) is 12.1 Å². The van der Waals surface area contributed by atoms with Gasteiger partial charge in [-0.25, -0.2) is 4.98 Å². The lowest BCUT2D eigenvalue weighted by atomic mass is 10.2. The summed E-state index contributed by atoms with van der Waals surface area (Å²) in [4.78, 5) is 28.4. The van der Waals surface area contributed by atoms with Gasteiger partial charge in [0.2, 0.25) is 12.7 Å². The number of para-hydroxylation sites is 2. The molecule has 0 bridgehead atoms. The first-order valence-electron chi connectivity index (χ1n) is 7.35. The first-order valence-corrected chi connectivity index (χ1v) is 7.35. The topological polar surface area (TPSA) is 82.5 Å². The second kappa shape index (κ2) is 5.69. The van der Waals surface area contributed by atoms with Crippen molar-refractivity contribution in [1.29, 1.82) is 0 Å². The lowest BCUT2D eigenvalue weighted by molar-refractivity contribution is -0.116. The smallest absolute Gasteiger partial charge is 0.269 e. The van der Waals surface area contributed by atoms with Gasteiger partial charge in [0.1, 0.15) is 6.54 Å². The molecule has 0 radical (unpaired) electrons. The number of carbonyl (C=O) groups is 1. The summed E-state index contributed by atoms with van der Waals surface area (Å²) in [5.41, 5.74) is 1.53. The minimum Gasteiger partial charge on any atom is -0.454 e. The van der Waals surface area contributed by atoms with Gasteiger partial charge in [-0.1, -0.05) is 12.1 Å². The van der Waals surface area contributed by atoms with Gasteiger partial charge in [0.25, 0.3) is 5.56 Å². The number of hydrogen-bond acceptors (Lipinski definition) is 5. The number of fused-ring (bicyclic) bond motifs is 2. The van der Waals surface area contributed by atoms with E-state index in [4.69, 9.17) is 9.47 Å². The number of nitrogens with zero attached hydrogens (tertiary/aromatic N) is 2. The highest BCUT2D eigenvalue weighted by atomic mass is 16.7. The number of anilines is 1. The Morgan fingerprint density at radius 3 is 2.92 bits per heavy atom. The lowest BCUT2D eigenvalue weighted by Crippen LogP contribution is -2.27. The summed E-state index contributed by atoms with van der Waals surface area (Å²) < 4.78 is 11.9. The van der Waals surface area contributed by atoms with E-state index in [0.29, 0.717) is 28.2 Å². The Bertz CT molecular complexity index is 997. The highest BCUT2D eigenvalue weighted by molar-refractivity contribution is 5.91. The quantitative estimate of drug-likeness (QED) is 0.794. The molecule has 2 aromatic carbocycles. The predicted octanol–water partition coefficient (Wildman–Crippen LogP) is 1.76. The van der Waals surface area contributed by atoms with Crippen molar-refractivity contribution < 1.29 is 14.3 Å². The van der Waals surface area contributed by atoms with Crippen molar-refractivity contribution in [2.24, 2.45) is 0 Å². The number of benzene rings is 2. The number of carbonyl (C=O) groups excluding carboxylic acids is 1. The summed E-state index contributed by atoms with van der Waals surface area (Å²) >= 11 is 0. The zero-order valence-electron chi connectivity index (χ0n) is 12.6. The maximum atomic E-state index is 12.3. The van der Waals surface area contributed by atoms with Crippen LogP contribution in [0.4, 0.5) is 5.69 Å². The summed E-state index contributed by atoms with van der Waals surface area (Å²) in [5.74, 6) is 0.913. The molecule has 1 N–H and O–H groups in total. The Hall–Kier alpha value is -3.35.